The van der Waals surface area contributed by atoms with E-state index in [0.29, 0.717) is 61.1 Å². The fraction of sp³-hybridized carbons (Fsp3) is 0.333. The summed E-state index contributed by atoms with van der Waals surface area (Å²) >= 11 is 0. The number of carbonyl (C=O) groups excluding carboxylic acids is 2. The second kappa shape index (κ2) is 14.3. The highest BCUT2D eigenvalue weighted by molar-refractivity contribution is 6.08. The van der Waals surface area contributed by atoms with E-state index in [1.807, 2.05) is 53.4 Å². The van der Waals surface area contributed by atoms with E-state index in [9.17, 15) is 19.5 Å². The Morgan fingerprint density at radius 1 is 0.978 bits per heavy atom. The van der Waals surface area contributed by atoms with Crippen LogP contribution in [0.5, 0.6) is 0 Å². The van der Waals surface area contributed by atoms with Gasteiger partial charge in [0, 0.05) is 67.4 Å². The standard InChI is InChI=1S/C36H41N5O4/c1-3-16-41(17-4-2)35(43)28-18-26-10-11-27(19-32(26)39-33(37)20-28)34(42)38-29-14-12-25(13-15-29)30-22-40(23-31(30)36(44)45)21-24-8-6-5-7-9-24/h5-15,18-19,30-31H,3-4,16-17,20-23H2,1-2H3,(H2,37,39)(H,38,42)(H,44,45)/t30-,31+/m1/s1. The average molecular weight is 608 g/mol. The van der Waals surface area contributed by atoms with E-state index in [1.54, 1.807) is 18.2 Å². The van der Waals surface area contributed by atoms with Gasteiger partial charge in [0.1, 0.15) is 5.84 Å². The number of likely N-dealkylation sites (tertiary alicyclic amines) is 1. The summed E-state index contributed by atoms with van der Waals surface area (Å²) in [6, 6.07) is 22.7. The van der Waals surface area contributed by atoms with Gasteiger partial charge in [0.15, 0.2) is 0 Å². The number of aliphatic carboxylic acids is 1. The zero-order valence-corrected chi connectivity index (χ0v) is 25.9. The summed E-state index contributed by atoms with van der Waals surface area (Å²) in [5.74, 6) is -1.48. The fourth-order valence-corrected chi connectivity index (χ4v) is 6.19. The highest BCUT2D eigenvalue weighted by Gasteiger charge is 2.38. The maximum absolute atomic E-state index is 13.3. The van der Waals surface area contributed by atoms with Gasteiger partial charge in [-0.05, 0) is 54.3 Å². The quantitative estimate of drug-likeness (QED) is 0.258. The average Bonchev–Trinajstić information content (AvgIpc) is 3.37. The molecule has 234 valence electrons. The van der Waals surface area contributed by atoms with Crippen molar-refractivity contribution < 1.29 is 19.5 Å². The Bertz CT molecular complexity index is 1590. The number of amidine groups is 1. The molecular formula is C36H41N5O4. The van der Waals surface area contributed by atoms with Crippen LogP contribution in [0, 0.1) is 5.92 Å². The lowest BCUT2D eigenvalue weighted by molar-refractivity contribution is -0.141. The minimum absolute atomic E-state index is 0.0360. The van der Waals surface area contributed by atoms with E-state index in [1.165, 1.54) is 0 Å². The molecule has 2 atom stereocenters. The molecule has 2 heterocycles. The first-order valence-corrected chi connectivity index (χ1v) is 15.6. The van der Waals surface area contributed by atoms with Gasteiger partial charge in [-0.15, -0.1) is 0 Å². The molecule has 5 rings (SSSR count). The highest BCUT2D eigenvalue weighted by Crippen LogP contribution is 2.35. The molecule has 2 aliphatic heterocycles. The molecule has 1 fully saturated rings. The largest absolute Gasteiger partial charge is 0.481 e. The Labute approximate surface area is 264 Å². The van der Waals surface area contributed by atoms with Crippen molar-refractivity contribution in [2.24, 2.45) is 16.6 Å². The van der Waals surface area contributed by atoms with Gasteiger partial charge in [0.2, 0.25) is 5.91 Å². The first-order valence-electron chi connectivity index (χ1n) is 15.6. The van der Waals surface area contributed by atoms with E-state index in [0.717, 1.165) is 29.5 Å². The van der Waals surface area contributed by atoms with E-state index in [4.69, 9.17) is 5.73 Å². The fourth-order valence-electron chi connectivity index (χ4n) is 6.19. The number of nitrogens with two attached hydrogens (primary N) is 1. The number of fused-ring (bicyclic) bond motifs is 1. The number of nitrogens with one attached hydrogen (secondary N) is 1. The van der Waals surface area contributed by atoms with Gasteiger partial charge < -0.3 is 21.1 Å². The predicted molar refractivity (Wildman–Crippen MR) is 177 cm³/mol. The molecule has 0 aromatic heterocycles. The van der Waals surface area contributed by atoms with Gasteiger partial charge >= 0.3 is 5.97 Å². The second-order valence-corrected chi connectivity index (χ2v) is 11.8. The molecule has 0 saturated carbocycles. The maximum Gasteiger partial charge on any atom is 0.308 e. The number of benzene rings is 3. The summed E-state index contributed by atoms with van der Waals surface area (Å²) in [6.45, 7) is 7.30. The van der Waals surface area contributed by atoms with Crippen molar-refractivity contribution in [1.29, 1.82) is 0 Å². The van der Waals surface area contributed by atoms with Crippen LogP contribution < -0.4 is 11.1 Å². The van der Waals surface area contributed by atoms with Crippen LogP contribution in [-0.4, -0.2) is 64.7 Å². The zero-order chi connectivity index (χ0) is 31.9. The van der Waals surface area contributed by atoms with E-state index >= 15 is 0 Å². The van der Waals surface area contributed by atoms with E-state index < -0.39 is 11.9 Å². The number of aliphatic imine (C=N–C) groups is 1. The second-order valence-electron chi connectivity index (χ2n) is 11.8. The third kappa shape index (κ3) is 7.67. The molecule has 0 spiro atoms. The number of rotatable bonds is 11. The predicted octanol–water partition coefficient (Wildman–Crippen LogP) is 5.66. The van der Waals surface area contributed by atoms with E-state index in [-0.39, 0.29) is 24.2 Å². The van der Waals surface area contributed by atoms with Crippen LogP contribution in [-0.2, 0) is 16.1 Å². The molecule has 3 aromatic carbocycles. The first-order chi connectivity index (χ1) is 21.7. The number of amides is 2. The number of anilines is 1. The molecule has 9 nitrogen and oxygen atoms in total. The van der Waals surface area contributed by atoms with Gasteiger partial charge in [0.25, 0.3) is 5.91 Å². The Morgan fingerprint density at radius 3 is 2.36 bits per heavy atom. The zero-order valence-electron chi connectivity index (χ0n) is 25.9. The summed E-state index contributed by atoms with van der Waals surface area (Å²) in [5, 5.41) is 12.9. The van der Waals surface area contributed by atoms with Crippen molar-refractivity contribution in [3.05, 3.63) is 101 Å². The van der Waals surface area contributed by atoms with Crippen LogP contribution in [0.4, 0.5) is 11.4 Å². The van der Waals surface area contributed by atoms with Crippen LogP contribution >= 0.6 is 0 Å². The number of nitrogens with zero attached hydrogens (tertiary/aromatic N) is 3. The lowest BCUT2D eigenvalue weighted by Gasteiger charge is -2.22. The smallest absolute Gasteiger partial charge is 0.308 e. The highest BCUT2D eigenvalue weighted by atomic mass is 16.4. The third-order valence-corrected chi connectivity index (χ3v) is 8.37. The molecule has 2 aliphatic rings. The molecule has 45 heavy (non-hydrogen) atoms. The number of carbonyl (C=O) groups is 3. The van der Waals surface area contributed by atoms with Gasteiger partial charge in [-0.2, -0.15) is 0 Å². The Morgan fingerprint density at radius 2 is 1.69 bits per heavy atom. The van der Waals surface area contributed by atoms with Gasteiger partial charge in [-0.1, -0.05) is 62.4 Å². The Kier molecular flexibility index (Phi) is 10.1. The summed E-state index contributed by atoms with van der Waals surface area (Å²) in [6.07, 6.45) is 3.82. The molecule has 2 amide bonds. The number of hydrogen-bond donors (Lipinski definition) is 3. The van der Waals surface area contributed by atoms with Crippen molar-refractivity contribution in [3.8, 4) is 0 Å². The molecule has 4 N–H and O–H groups in total. The normalized spacial score (nSPS) is 17.9. The van der Waals surface area contributed by atoms with Crippen LogP contribution in [0.1, 0.15) is 66.1 Å². The van der Waals surface area contributed by atoms with Crippen molar-refractivity contribution in [3.63, 3.8) is 0 Å². The monoisotopic (exact) mass is 607 g/mol. The Hall–Kier alpha value is -4.76. The van der Waals surface area contributed by atoms with Crippen molar-refractivity contribution in [2.75, 3.05) is 31.5 Å². The molecule has 0 bridgehead atoms. The van der Waals surface area contributed by atoms with Gasteiger partial charge in [-0.25, -0.2) is 4.99 Å². The van der Waals surface area contributed by atoms with Crippen LogP contribution in [0.25, 0.3) is 6.08 Å². The molecule has 1 saturated heterocycles. The lowest BCUT2D eigenvalue weighted by Crippen LogP contribution is -2.34. The van der Waals surface area contributed by atoms with Crippen LogP contribution in [0.3, 0.4) is 0 Å². The summed E-state index contributed by atoms with van der Waals surface area (Å²) in [7, 11) is 0. The molecule has 0 radical (unpaired) electrons. The molecule has 0 unspecified atom stereocenters. The maximum atomic E-state index is 13.3. The van der Waals surface area contributed by atoms with Crippen LogP contribution in [0.15, 0.2) is 83.4 Å². The SMILES string of the molecule is CCCN(CCC)C(=O)C1=Cc2ccc(C(=O)Nc3ccc([C@H]4CN(Cc5ccccc5)C[C@@H]4C(=O)O)cc3)cc2N=C(N)C1. The number of carboxylic acid groups (broad SMARTS) is 1. The van der Waals surface area contributed by atoms with Crippen LogP contribution in [0.2, 0.25) is 0 Å². The summed E-state index contributed by atoms with van der Waals surface area (Å²) in [5.41, 5.74) is 11.2. The molecule has 9 heteroatoms. The Balaban J connectivity index is 1.27. The summed E-state index contributed by atoms with van der Waals surface area (Å²) < 4.78 is 0. The summed E-state index contributed by atoms with van der Waals surface area (Å²) in [4.78, 5) is 47.2. The van der Waals surface area contributed by atoms with E-state index in [2.05, 4.69) is 41.2 Å². The topological polar surface area (TPSA) is 128 Å². The first kappa shape index (κ1) is 31.7. The van der Waals surface area contributed by atoms with Gasteiger partial charge in [0.05, 0.1) is 11.6 Å². The molecule has 0 aliphatic carbocycles. The minimum Gasteiger partial charge on any atom is -0.481 e. The number of hydrogen-bond acceptors (Lipinski definition) is 6. The third-order valence-electron chi connectivity index (χ3n) is 8.37. The van der Waals surface area contributed by atoms with Crippen molar-refractivity contribution >= 4 is 41.1 Å². The number of carboxylic acids is 1. The molecular weight excluding hydrogens is 566 g/mol. The minimum atomic E-state index is -0.801. The van der Waals surface area contributed by atoms with Crippen molar-refractivity contribution in [2.45, 2.75) is 45.6 Å². The van der Waals surface area contributed by atoms with Gasteiger partial charge in [-0.3, -0.25) is 19.3 Å². The lowest BCUT2D eigenvalue weighted by atomic mass is 9.89. The molecule has 3 aromatic rings. The van der Waals surface area contributed by atoms with Crippen molar-refractivity contribution in [1.82, 2.24) is 9.80 Å².